The maximum Gasteiger partial charge on any atom is 0.194 e. The second-order valence-corrected chi connectivity index (χ2v) is 5.62. The third-order valence-corrected chi connectivity index (χ3v) is 4.04. The first kappa shape index (κ1) is 13.1. The molecule has 3 nitrogen and oxygen atoms in total. The van der Waals surface area contributed by atoms with Gasteiger partial charge in [-0.05, 0) is 30.9 Å². The lowest BCUT2D eigenvalue weighted by Gasteiger charge is -2.21. The number of rotatable bonds is 2. The van der Waals surface area contributed by atoms with E-state index < -0.39 is 0 Å². The summed E-state index contributed by atoms with van der Waals surface area (Å²) in [6, 6.07) is 6.43. The molecule has 0 spiro atoms. The monoisotopic (exact) mass is 269 g/mol. The van der Waals surface area contributed by atoms with Crippen molar-refractivity contribution in [1.29, 1.82) is 0 Å². The van der Waals surface area contributed by atoms with Gasteiger partial charge in [-0.2, -0.15) is 0 Å². The second-order valence-electron chi connectivity index (χ2n) is 5.62. The lowest BCUT2D eigenvalue weighted by Crippen LogP contribution is -2.18. The predicted molar refractivity (Wildman–Crippen MR) is 77.2 cm³/mol. The van der Waals surface area contributed by atoms with Crippen molar-refractivity contribution in [3.05, 3.63) is 52.2 Å². The Balaban J connectivity index is 1.96. The van der Waals surface area contributed by atoms with Crippen LogP contribution in [-0.2, 0) is 12.8 Å². The maximum absolute atomic E-state index is 12.3. The minimum Gasteiger partial charge on any atom is -0.445 e. The van der Waals surface area contributed by atoms with Gasteiger partial charge in [-0.25, -0.2) is 4.98 Å². The van der Waals surface area contributed by atoms with Gasteiger partial charge in [-0.3, -0.25) is 4.79 Å². The molecule has 1 aliphatic carbocycles. The molecule has 3 heteroatoms. The Kier molecular flexibility index (Phi) is 3.20. The molecule has 1 atom stereocenters. The van der Waals surface area contributed by atoms with E-state index in [0.29, 0.717) is 18.0 Å². The average molecular weight is 269 g/mol. The normalized spacial score (nSPS) is 18.1. The number of ketones is 1. The third kappa shape index (κ3) is 2.17. The summed E-state index contributed by atoms with van der Waals surface area (Å²) < 4.78 is 5.71. The molecule has 0 amide bonds. The van der Waals surface area contributed by atoms with Crippen LogP contribution in [0.5, 0.6) is 0 Å². The smallest absolute Gasteiger partial charge is 0.194 e. The van der Waals surface area contributed by atoms with Crippen molar-refractivity contribution in [1.82, 2.24) is 4.98 Å². The minimum atomic E-state index is 0.111. The number of benzene rings is 1. The Labute approximate surface area is 119 Å². The molecule has 0 aliphatic heterocycles. The molecular formula is C17H19NO2. The lowest BCUT2D eigenvalue weighted by molar-refractivity contribution is 0.0956. The van der Waals surface area contributed by atoms with E-state index in [-0.39, 0.29) is 11.7 Å². The molecule has 0 N–H and O–H groups in total. The molecule has 0 saturated heterocycles. The van der Waals surface area contributed by atoms with Crippen LogP contribution >= 0.6 is 0 Å². The molecular weight excluding hydrogens is 250 g/mol. The van der Waals surface area contributed by atoms with E-state index >= 15 is 0 Å². The molecule has 0 radical (unpaired) electrons. The van der Waals surface area contributed by atoms with E-state index in [1.807, 2.05) is 6.92 Å². The van der Waals surface area contributed by atoms with Crippen molar-refractivity contribution < 1.29 is 9.21 Å². The molecule has 104 valence electrons. The number of fused-ring (bicyclic) bond motifs is 1. The van der Waals surface area contributed by atoms with Gasteiger partial charge >= 0.3 is 0 Å². The number of carbonyl (C=O) groups excluding carboxylic acids is 1. The van der Waals surface area contributed by atoms with Crippen LogP contribution in [0.15, 0.2) is 22.6 Å². The first-order chi connectivity index (χ1) is 9.58. The molecule has 20 heavy (non-hydrogen) atoms. The largest absolute Gasteiger partial charge is 0.445 e. The molecule has 0 bridgehead atoms. The van der Waals surface area contributed by atoms with Gasteiger partial charge < -0.3 is 4.42 Å². The van der Waals surface area contributed by atoms with Crippen LogP contribution in [-0.4, -0.2) is 10.8 Å². The van der Waals surface area contributed by atoms with E-state index in [1.165, 1.54) is 16.7 Å². The van der Waals surface area contributed by atoms with Crippen LogP contribution < -0.4 is 0 Å². The van der Waals surface area contributed by atoms with Crippen LogP contribution in [0.25, 0.3) is 0 Å². The SMILES string of the molecule is CCc1nc2c(o1)C[C@@H](c1ccc(C)cc1C)CC2=O. The molecule has 2 aromatic rings. The number of aryl methyl sites for hydroxylation is 3. The molecule has 0 saturated carbocycles. The second kappa shape index (κ2) is 4.89. The highest BCUT2D eigenvalue weighted by atomic mass is 16.4. The number of oxazole rings is 1. The summed E-state index contributed by atoms with van der Waals surface area (Å²) in [7, 11) is 0. The topological polar surface area (TPSA) is 43.1 Å². The fraction of sp³-hybridized carbons (Fsp3) is 0.412. The van der Waals surface area contributed by atoms with E-state index in [9.17, 15) is 4.79 Å². The fourth-order valence-electron chi connectivity index (χ4n) is 3.03. The summed E-state index contributed by atoms with van der Waals surface area (Å²) in [4.78, 5) is 16.6. The Morgan fingerprint density at radius 2 is 2.10 bits per heavy atom. The number of hydrogen-bond donors (Lipinski definition) is 0. The summed E-state index contributed by atoms with van der Waals surface area (Å²) in [5.74, 6) is 1.76. The zero-order chi connectivity index (χ0) is 14.3. The predicted octanol–water partition coefficient (Wildman–Crippen LogP) is 3.77. The van der Waals surface area contributed by atoms with Gasteiger partial charge in [0.15, 0.2) is 11.7 Å². The summed E-state index contributed by atoms with van der Waals surface area (Å²) in [6.45, 7) is 6.19. The van der Waals surface area contributed by atoms with Gasteiger partial charge in [0.2, 0.25) is 0 Å². The van der Waals surface area contributed by atoms with Crippen molar-refractivity contribution in [2.75, 3.05) is 0 Å². The van der Waals surface area contributed by atoms with Crippen LogP contribution in [0.4, 0.5) is 0 Å². The highest BCUT2D eigenvalue weighted by Gasteiger charge is 2.31. The number of hydrogen-bond acceptors (Lipinski definition) is 3. The van der Waals surface area contributed by atoms with Crippen molar-refractivity contribution in [3.8, 4) is 0 Å². The van der Waals surface area contributed by atoms with Gasteiger partial charge in [0, 0.05) is 19.3 Å². The van der Waals surface area contributed by atoms with E-state index in [0.717, 1.165) is 18.6 Å². The number of carbonyl (C=O) groups is 1. The molecule has 3 rings (SSSR count). The fourth-order valence-corrected chi connectivity index (χ4v) is 3.03. The van der Waals surface area contributed by atoms with E-state index in [1.54, 1.807) is 0 Å². The zero-order valence-electron chi connectivity index (χ0n) is 12.2. The van der Waals surface area contributed by atoms with Gasteiger partial charge in [0.25, 0.3) is 0 Å². The first-order valence-electron chi connectivity index (χ1n) is 7.17. The Morgan fingerprint density at radius 1 is 1.30 bits per heavy atom. The van der Waals surface area contributed by atoms with Crippen molar-refractivity contribution >= 4 is 5.78 Å². The van der Waals surface area contributed by atoms with Crippen LogP contribution in [0.2, 0.25) is 0 Å². The quantitative estimate of drug-likeness (QED) is 0.833. The van der Waals surface area contributed by atoms with Gasteiger partial charge in [-0.15, -0.1) is 0 Å². The molecule has 0 unspecified atom stereocenters. The maximum atomic E-state index is 12.3. The van der Waals surface area contributed by atoms with Gasteiger partial charge in [0.1, 0.15) is 11.5 Å². The minimum absolute atomic E-state index is 0.111. The summed E-state index contributed by atoms with van der Waals surface area (Å²) in [5, 5.41) is 0. The Morgan fingerprint density at radius 3 is 2.80 bits per heavy atom. The highest BCUT2D eigenvalue weighted by molar-refractivity contribution is 5.96. The van der Waals surface area contributed by atoms with Crippen molar-refractivity contribution in [3.63, 3.8) is 0 Å². The van der Waals surface area contributed by atoms with Crippen LogP contribution in [0, 0.1) is 13.8 Å². The average Bonchev–Trinajstić information content (AvgIpc) is 2.82. The zero-order valence-corrected chi connectivity index (χ0v) is 12.2. The number of Topliss-reactive ketones (excluding diaryl/α,β-unsaturated/α-hetero) is 1. The number of nitrogens with zero attached hydrogens (tertiary/aromatic N) is 1. The van der Waals surface area contributed by atoms with Gasteiger partial charge in [-0.1, -0.05) is 30.7 Å². The third-order valence-electron chi connectivity index (χ3n) is 4.04. The lowest BCUT2D eigenvalue weighted by atomic mass is 9.82. The van der Waals surface area contributed by atoms with E-state index in [4.69, 9.17) is 4.42 Å². The summed E-state index contributed by atoms with van der Waals surface area (Å²) >= 11 is 0. The molecule has 0 fully saturated rings. The molecule has 1 heterocycles. The van der Waals surface area contributed by atoms with Gasteiger partial charge in [0.05, 0.1) is 0 Å². The highest BCUT2D eigenvalue weighted by Crippen LogP contribution is 2.34. The molecule has 1 aromatic heterocycles. The van der Waals surface area contributed by atoms with E-state index in [2.05, 4.69) is 37.0 Å². The first-order valence-corrected chi connectivity index (χ1v) is 7.17. The summed E-state index contributed by atoms with van der Waals surface area (Å²) in [6.07, 6.45) is 2.04. The van der Waals surface area contributed by atoms with Crippen molar-refractivity contribution in [2.24, 2.45) is 0 Å². The standard InChI is InChI=1S/C17H19NO2/c1-4-16-18-17-14(19)8-12(9-15(17)20-16)13-6-5-10(2)7-11(13)3/h5-7,12H,4,8-9H2,1-3H3/t12-/m0/s1. The van der Waals surface area contributed by atoms with Crippen LogP contribution in [0.3, 0.4) is 0 Å². The number of aromatic nitrogens is 1. The van der Waals surface area contributed by atoms with Crippen LogP contribution in [0.1, 0.15) is 58.1 Å². The Bertz CT molecular complexity index is 670. The summed E-state index contributed by atoms with van der Waals surface area (Å²) in [5.41, 5.74) is 4.32. The Hall–Kier alpha value is -1.90. The van der Waals surface area contributed by atoms with Crippen molar-refractivity contribution in [2.45, 2.75) is 46.0 Å². The molecule has 1 aliphatic rings. The molecule has 1 aromatic carbocycles.